The van der Waals surface area contributed by atoms with Crippen LogP contribution < -0.4 is 4.74 Å². The van der Waals surface area contributed by atoms with Gasteiger partial charge in [-0.3, -0.25) is 0 Å². The maximum atomic E-state index is 9.52. The first-order chi connectivity index (χ1) is 9.06. The molecule has 2 nitrogen and oxygen atoms in total. The summed E-state index contributed by atoms with van der Waals surface area (Å²) in [7, 11) is 0. The number of benzene rings is 2. The quantitative estimate of drug-likeness (QED) is 0.903. The molecule has 1 atom stereocenters. The molecule has 100 valence electrons. The van der Waals surface area contributed by atoms with Crippen molar-refractivity contribution in [3.63, 3.8) is 0 Å². The van der Waals surface area contributed by atoms with Gasteiger partial charge in [-0.25, -0.2) is 0 Å². The smallest absolute Gasteiger partial charge is 0.122 e. The fourth-order valence-electron chi connectivity index (χ4n) is 1.88. The third-order valence-electron chi connectivity index (χ3n) is 2.96. The fourth-order valence-corrected chi connectivity index (χ4v) is 2.10. The van der Waals surface area contributed by atoms with Crippen molar-refractivity contribution in [2.24, 2.45) is 0 Å². The molecule has 2 aromatic carbocycles. The second-order valence-corrected chi connectivity index (χ2v) is 5.06. The minimum atomic E-state index is -0.458. The highest BCUT2D eigenvalue weighted by Crippen LogP contribution is 2.23. The van der Waals surface area contributed by atoms with Crippen LogP contribution in [-0.2, 0) is 6.61 Å². The van der Waals surface area contributed by atoms with Crippen LogP contribution in [0.2, 0.25) is 5.02 Å². The number of hydrogen-bond donors (Lipinski definition) is 1. The predicted octanol–water partition coefficient (Wildman–Crippen LogP) is 4.28. The first kappa shape index (κ1) is 13.9. The van der Waals surface area contributed by atoms with Crippen molar-refractivity contribution in [3.8, 4) is 5.75 Å². The normalized spacial score (nSPS) is 12.2. The predicted molar refractivity (Wildman–Crippen MR) is 77.6 cm³/mol. The highest BCUT2D eigenvalue weighted by atomic mass is 35.5. The second kappa shape index (κ2) is 6.09. The van der Waals surface area contributed by atoms with Crippen LogP contribution in [0.3, 0.4) is 0 Å². The van der Waals surface area contributed by atoms with Crippen molar-refractivity contribution >= 4 is 11.6 Å². The summed E-state index contributed by atoms with van der Waals surface area (Å²) in [5.41, 5.74) is 2.94. The third-order valence-corrected chi connectivity index (χ3v) is 3.20. The van der Waals surface area contributed by atoms with Crippen LogP contribution in [0.4, 0.5) is 0 Å². The van der Waals surface area contributed by atoms with Gasteiger partial charge in [0.15, 0.2) is 0 Å². The van der Waals surface area contributed by atoms with Gasteiger partial charge < -0.3 is 9.84 Å². The summed E-state index contributed by atoms with van der Waals surface area (Å²) < 4.78 is 5.77. The van der Waals surface area contributed by atoms with Crippen LogP contribution >= 0.6 is 11.6 Å². The molecule has 1 N–H and O–H groups in total. The average molecular weight is 277 g/mol. The molecule has 0 aliphatic carbocycles. The van der Waals surface area contributed by atoms with E-state index in [4.69, 9.17) is 16.3 Å². The van der Waals surface area contributed by atoms with Gasteiger partial charge in [-0.2, -0.15) is 0 Å². The summed E-state index contributed by atoms with van der Waals surface area (Å²) in [4.78, 5) is 0. The molecular weight excluding hydrogens is 260 g/mol. The van der Waals surface area contributed by atoms with Crippen LogP contribution in [0.25, 0.3) is 0 Å². The Morgan fingerprint density at radius 2 is 2.00 bits per heavy atom. The summed E-state index contributed by atoms with van der Waals surface area (Å²) in [6, 6.07) is 13.3. The van der Waals surface area contributed by atoms with Gasteiger partial charge >= 0.3 is 0 Å². The van der Waals surface area contributed by atoms with E-state index < -0.39 is 6.10 Å². The number of aliphatic hydroxyl groups is 1. The van der Waals surface area contributed by atoms with Crippen LogP contribution in [0.5, 0.6) is 5.75 Å². The number of aliphatic hydroxyl groups excluding tert-OH is 1. The van der Waals surface area contributed by atoms with E-state index in [0.29, 0.717) is 11.6 Å². The van der Waals surface area contributed by atoms with E-state index >= 15 is 0 Å². The van der Waals surface area contributed by atoms with Crippen LogP contribution in [0.1, 0.15) is 29.7 Å². The van der Waals surface area contributed by atoms with E-state index in [1.807, 2.05) is 49.4 Å². The Balaban J connectivity index is 2.07. The first-order valence-electron chi connectivity index (χ1n) is 6.22. The van der Waals surface area contributed by atoms with E-state index in [0.717, 1.165) is 22.4 Å². The molecule has 2 rings (SSSR count). The van der Waals surface area contributed by atoms with Gasteiger partial charge in [0.25, 0.3) is 0 Å². The number of halogens is 1. The molecule has 19 heavy (non-hydrogen) atoms. The molecule has 0 radical (unpaired) electrons. The first-order valence-corrected chi connectivity index (χ1v) is 6.60. The third kappa shape index (κ3) is 3.72. The zero-order valence-corrected chi connectivity index (χ0v) is 11.8. The molecule has 0 aliphatic heterocycles. The molecule has 3 heteroatoms. The van der Waals surface area contributed by atoms with Gasteiger partial charge in [0.2, 0.25) is 0 Å². The van der Waals surface area contributed by atoms with E-state index in [-0.39, 0.29) is 0 Å². The summed E-state index contributed by atoms with van der Waals surface area (Å²) in [5.74, 6) is 0.823. The highest BCUT2D eigenvalue weighted by Gasteiger charge is 2.05. The largest absolute Gasteiger partial charge is 0.489 e. The average Bonchev–Trinajstić information content (AvgIpc) is 2.37. The number of hydrogen-bond acceptors (Lipinski definition) is 2. The summed E-state index contributed by atoms with van der Waals surface area (Å²) in [5, 5.41) is 10.2. The molecule has 0 heterocycles. The topological polar surface area (TPSA) is 29.5 Å². The lowest BCUT2D eigenvalue weighted by Crippen LogP contribution is -1.98. The monoisotopic (exact) mass is 276 g/mol. The van der Waals surface area contributed by atoms with Crippen molar-refractivity contribution in [1.29, 1.82) is 0 Å². The fraction of sp³-hybridized carbons (Fsp3) is 0.250. The number of ether oxygens (including phenoxy) is 1. The Morgan fingerprint density at radius 3 is 2.63 bits per heavy atom. The molecule has 0 saturated heterocycles. The molecule has 0 amide bonds. The molecule has 0 spiro atoms. The molecule has 0 fully saturated rings. The van der Waals surface area contributed by atoms with Crippen LogP contribution in [0, 0.1) is 6.92 Å². The van der Waals surface area contributed by atoms with Crippen molar-refractivity contribution < 1.29 is 9.84 Å². The van der Waals surface area contributed by atoms with Crippen molar-refractivity contribution in [3.05, 3.63) is 64.2 Å². The Hall–Kier alpha value is -1.51. The Labute approximate surface area is 118 Å². The zero-order chi connectivity index (χ0) is 13.8. The van der Waals surface area contributed by atoms with Gasteiger partial charge in [-0.05, 0) is 54.8 Å². The maximum absolute atomic E-state index is 9.52. The van der Waals surface area contributed by atoms with Crippen molar-refractivity contribution in [2.75, 3.05) is 0 Å². The van der Waals surface area contributed by atoms with Crippen LogP contribution in [0.15, 0.2) is 42.5 Å². The van der Waals surface area contributed by atoms with Gasteiger partial charge in [0, 0.05) is 5.02 Å². The highest BCUT2D eigenvalue weighted by molar-refractivity contribution is 6.30. The molecule has 2 aromatic rings. The lowest BCUT2D eigenvalue weighted by Gasteiger charge is -2.12. The molecule has 0 saturated carbocycles. The molecule has 0 unspecified atom stereocenters. The molecule has 0 aromatic heterocycles. The minimum absolute atomic E-state index is 0.458. The maximum Gasteiger partial charge on any atom is 0.122 e. The van der Waals surface area contributed by atoms with Crippen molar-refractivity contribution in [2.45, 2.75) is 26.6 Å². The van der Waals surface area contributed by atoms with E-state index in [2.05, 4.69) is 0 Å². The van der Waals surface area contributed by atoms with E-state index in [1.165, 1.54) is 0 Å². The molecular formula is C16H17ClO2. The lowest BCUT2D eigenvalue weighted by molar-refractivity contribution is 0.199. The molecule has 0 bridgehead atoms. The second-order valence-electron chi connectivity index (χ2n) is 4.62. The molecule has 0 aliphatic rings. The summed E-state index contributed by atoms with van der Waals surface area (Å²) >= 11 is 5.93. The Kier molecular flexibility index (Phi) is 4.46. The minimum Gasteiger partial charge on any atom is -0.489 e. The summed E-state index contributed by atoms with van der Waals surface area (Å²) in [6.07, 6.45) is -0.458. The van der Waals surface area contributed by atoms with Gasteiger partial charge in [-0.15, -0.1) is 0 Å². The Morgan fingerprint density at radius 1 is 1.21 bits per heavy atom. The number of aryl methyl sites for hydroxylation is 1. The van der Waals surface area contributed by atoms with Crippen molar-refractivity contribution in [1.82, 2.24) is 0 Å². The summed E-state index contributed by atoms with van der Waals surface area (Å²) in [6.45, 7) is 4.20. The Bertz CT molecular complexity index is 564. The standard InChI is InChI=1S/C16H17ClO2/c1-11-8-14(12(2)18)6-7-16(11)19-10-13-4-3-5-15(17)9-13/h3-9,12,18H,10H2,1-2H3/t12-/m0/s1. The lowest BCUT2D eigenvalue weighted by atomic mass is 10.1. The van der Waals surface area contributed by atoms with Gasteiger partial charge in [0.05, 0.1) is 6.10 Å². The van der Waals surface area contributed by atoms with Gasteiger partial charge in [0.1, 0.15) is 12.4 Å². The number of rotatable bonds is 4. The zero-order valence-electron chi connectivity index (χ0n) is 11.1. The van der Waals surface area contributed by atoms with Gasteiger partial charge in [-0.1, -0.05) is 29.8 Å². The van der Waals surface area contributed by atoms with E-state index in [1.54, 1.807) is 6.92 Å². The van der Waals surface area contributed by atoms with E-state index in [9.17, 15) is 5.11 Å². The van der Waals surface area contributed by atoms with Crippen LogP contribution in [-0.4, -0.2) is 5.11 Å². The SMILES string of the molecule is Cc1cc([C@H](C)O)ccc1OCc1cccc(Cl)c1.